The van der Waals surface area contributed by atoms with Gasteiger partial charge < -0.3 is 4.74 Å². The molecular formula is C32H32NOP. The summed E-state index contributed by atoms with van der Waals surface area (Å²) in [5.41, 5.74) is 5.37. The second-order valence-electron chi connectivity index (χ2n) is 9.95. The number of hydrogen-bond acceptors (Lipinski definition) is 2. The number of aryl methyl sites for hydroxylation is 2. The van der Waals surface area contributed by atoms with Gasteiger partial charge in [0.2, 0.25) is 5.90 Å². The van der Waals surface area contributed by atoms with Crippen molar-refractivity contribution in [2.45, 2.75) is 45.6 Å². The van der Waals surface area contributed by atoms with Gasteiger partial charge in [-0.15, -0.1) is 0 Å². The highest BCUT2D eigenvalue weighted by Gasteiger charge is 2.49. The first-order valence-corrected chi connectivity index (χ1v) is 14.1. The summed E-state index contributed by atoms with van der Waals surface area (Å²) in [6, 6.07) is 28.6. The Bertz CT molecular complexity index is 1290. The summed E-state index contributed by atoms with van der Waals surface area (Å²) in [6.07, 6.45) is 9.52. The normalized spacial score (nSPS) is 23.4. The fourth-order valence-corrected chi connectivity index (χ4v) is 9.27. The number of rotatable bonds is 5. The van der Waals surface area contributed by atoms with E-state index in [0.29, 0.717) is 6.61 Å². The summed E-state index contributed by atoms with van der Waals surface area (Å²) in [7, 11) is -0.639. The van der Waals surface area contributed by atoms with Crippen LogP contribution >= 0.6 is 7.92 Å². The molecule has 35 heavy (non-hydrogen) atoms. The molecule has 0 amide bonds. The number of hydrogen-bond donors (Lipinski definition) is 0. The molecule has 0 unspecified atom stereocenters. The van der Waals surface area contributed by atoms with Gasteiger partial charge in [0, 0.05) is 11.0 Å². The molecule has 0 aromatic heterocycles. The van der Waals surface area contributed by atoms with Gasteiger partial charge in [0.1, 0.15) is 12.6 Å². The van der Waals surface area contributed by atoms with Crippen molar-refractivity contribution in [1.82, 2.24) is 0 Å². The van der Waals surface area contributed by atoms with E-state index in [0.717, 1.165) is 31.6 Å². The average Bonchev–Trinajstić information content (AvgIpc) is 3.63. The maximum absolute atomic E-state index is 6.34. The molecule has 2 nitrogen and oxygen atoms in total. The van der Waals surface area contributed by atoms with Gasteiger partial charge in [-0.05, 0) is 80.1 Å². The first-order chi connectivity index (χ1) is 17.2. The highest BCUT2D eigenvalue weighted by Crippen LogP contribution is 2.64. The fraction of sp³-hybridized carbons (Fsp3) is 0.281. The number of aliphatic imine (C=N–C) groups is 1. The summed E-state index contributed by atoms with van der Waals surface area (Å²) in [5, 5.41) is 4.56. The molecule has 1 spiro atoms. The van der Waals surface area contributed by atoms with Gasteiger partial charge in [-0.1, -0.05) is 91.0 Å². The lowest BCUT2D eigenvalue weighted by Crippen LogP contribution is -2.29. The van der Waals surface area contributed by atoms with Crippen molar-refractivity contribution in [3.63, 3.8) is 0 Å². The van der Waals surface area contributed by atoms with Crippen LogP contribution in [0.4, 0.5) is 0 Å². The van der Waals surface area contributed by atoms with Crippen LogP contribution in [-0.2, 0) is 4.74 Å². The van der Waals surface area contributed by atoms with Crippen LogP contribution in [0.15, 0.2) is 107 Å². The van der Waals surface area contributed by atoms with Crippen LogP contribution in [0.2, 0.25) is 0 Å². The largest absolute Gasteiger partial charge is 0.475 e. The minimum Gasteiger partial charge on any atom is -0.475 e. The van der Waals surface area contributed by atoms with Gasteiger partial charge in [0.15, 0.2) is 0 Å². The van der Waals surface area contributed by atoms with E-state index in [-0.39, 0.29) is 11.5 Å². The van der Waals surface area contributed by atoms with Crippen LogP contribution in [0.3, 0.4) is 0 Å². The number of allylic oxidation sites excluding steroid dienone is 3. The van der Waals surface area contributed by atoms with E-state index in [1.54, 1.807) is 5.31 Å². The second-order valence-corrected chi connectivity index (χ2v) is 12.1. The predicted octanol–water partition coefficient (Wildman–Crippen LogP) is 7.29. The van der Waals surface area contributed by atoms with Crippen LogP contribution in [-0.4, -0.2) is 12.5 Å². The SMILES string of the molecule is Cc1ccccc1P(C1=CCC[C@@]12CCC=C2C1=N[C@@H](c2ccccc2)CO1)c1ccccc1C. The van der Waals surface area contributed by atoms with E-state index in [1.165, 1.54) is 32.9 Å². The van der Waals surface area contributed by atoms with Crippen LogP contribution in [0.1, 0.15) is 48.4 Å². The molecule has 0 bridgehead atoms. The molecule has 0 N–H and O–H groups in total. The van der Waals surface area contributed by atoms with Crippen molar-refractivity contribution in [3.05, 3.63) is 119 Å². The zero-order chi connectivity index (χ0) is 23.8. The Morgan fingerprint density at radius 2 is 1.37 bits per heavy atom. The summed E-state index contributed by atoms with van der Waals surface area (Å²) < 4.78 is 6.34. The first kappa shape index (κ1) is 22.5. The van der Waals surface area contributed by atoms with E-state index in [2.05, 4.69) is 105 Å². The lowest BCUT2D eigenvalue weighted by Gasteiger charge is -2.37. The fourth-order valence-electron chi connectivity index (χ4n) is 6.08. The smallest absolute Gasteiger partial charge is 0.213 e. The molecule has 3 heteroatoms. The monoisotopic (exact) mass is 477 g/mol. The molecule has 1 aliphatic heterocycles. The number of ether oxygens (including phenoxy) is 1. The molecule has 0 fully saturated rings. The minimum atomic E-state index is -0.639. The van der Waals surface area contributed by atoms with Crippen molar-refractivity contribution in [1.29, 1.82) is 0 Å². The Morgan fingerprint density at radius 3 is 2.03 bits per heavy atom. The molecule has 0 saturated heterocycles. The van der Waals surface area contributed by atoms with Crippen LogP contribution in [0.5, 0.6) is 0 Å². The minimum absolute atomic E-state index is 0.0285. The molecular weight excluding hydrogens is 445 g/mol. The highest BCUT2D eigenvalue weighted by molar-refractivity contribution is 7.77. The summed E-state index contributed by atoms with van der Waals surface area (Å²) in [6.45, 7) is 5.17. The Balaban J connectivity index is 1.43. The molecule has 2 atom stereocenters. The maximum Gasteiger partial charge on any atom is 0.213 e. The van der Waals surface area contributed by atoms with E-state index >= 15 is 0 Å². The Morgan fingerprint density at radius 1 is 0.771 bits per heavy atom. The van der Waals surface area contributed by atoms with E-state index in [9.17, 15) is 0 Å². The molecule has 6 rings (SSSR count). The summed E-state index contributed by atoms with van der Waals surface area (Å²) in [5.74, 6) is 0.883. The van der Waals surface area contributed by atoms with Gasteiger partial charge in [-0.25, -0.2) is 4.99 Å². The van der Waals surface area contributed by atoms with Gasteiger partial charge in [-0.3, -0.25) is 0 Å². The molecule has 0 radical (unpaired) electrons. The molecule has 3 aliphatic rings. The Kier molecular flexibility index (Phi) is 5.94. The standard InChI is InChI=1S/C32H32NOP/c1-23-12-6-8-17-28(23)35(29-18-9-7-13-24(29)2)30-19-11-21-32(30)20-10-16-26(32)31-33-27(22-34-31)25-14-4-3-5-15-25/h3-9,12-19,27H,10-11,20-22H2,1-2H3/t27-,32-/m1/s1. The molecule has 0 saturated carbocycles. The number of nitrogens with zero attached hydrogens (tertiary/aromatic N) is 1. The van der Waals surface area contributed by atoms with E-state index in [1.807, 2.05) is 0 Å². The van der Waals surface area contributed by atoms with Crippen molar-refractivity contribution < 1.29 is 4.74 Å². The van der Waals surface area contributed by atoms with E-state index < -0.39 is 7.92 Å². The van der Waals surface area contributed by atoms with Gasteiger partial charge in [0.25, 0.3) is 0 Å². The van der Waals surface area contributed by atoms with Crippen LogP contribution in [0, 0.1) is 19.3 Å². The van der Waals surface area contributed by atoms with Crippen LogP contribution < -0.4 is 10.6 Å². The zero-order valence-electron chi connectivity index (χ0n) is 20.6. The maximum atomic E-state index is 6.34. The second kappa shape index (κ2) is 9.25. The third-order valence-corrected chi connectivity index (χ3v) is 10.9. The Labute approximate surface area is 210 Å². The summed E-state index contributed by atoms with van der Waals surface area (Å²) in [4.78, 5) is 5.14. The molecule has 3 aromatic carbocycles. The molecule has 2 aliphatic carbocycles. The quantitative estimate of drug-likeness (QED) is 0.354. The van der Waals surface area contributed by atoms with Crippen molar-refractivity contribution in [3.8, 4) is 0 Å². The number of benzene rings is 3. The lowest BCUT2D eigenvalue weighted by molar-refractivity contribution is 0.311. The van der Waals surface area contributed by atoms with Crippen LogP contribution in [0.25, 0.3) is 0 Å². The third-order valence-electron chi connectivity index (χ3n) is 7.85. The van der Waals surface area contributed by atoms with E-state index in [4.69, 9.17) is 9.73 Å². The first-order valence-electron chi connectivity index (χ1n) is 12.8. The van der Waals surface area contributed by atoms with Gasteiger partial charge in [-0.2, -0.15) is 0 Å². The molecule has 1 heterocycles. The highest BCUT2D eigenvalue weighted by atomic mass is 31.1. The topological polar surface area (TPSA) is 21.6 Å². The predicted molar refractivity (Wildman–Crippen MR) is 148 cm³/mol. The zero-order valence-corrected chi connectivity index (χ0v) is 21.5. The van der Waals surface area contributed by atoms with Gasteiger partial charge in [0.05, 0.1) is 0 Å². The van der Waals surface area contributed by atoms with Crippen molar-refractivity contribution in [2.75, 3.05) is 6.61 Å². The molecule has 3 aromatic rings. The van der Waals surface area contributed by atoms with Crippen molar-refractivity contribution >= 4 is 24.4 Å². The average molecular weight is 478 g/mol. The lowest BCUT2D eigenvalue weighted by atomic mass is 9.80. The van der Waals surface area contributed by atoms with Gasteiger partial charge >= 0.3 is 0 Å². The molecule has 176 valence electrons. The third kappa shape index (κ3) is 3.89. The Hall–Kier alpha value is -2.96. The summed E-state index contributed by atoms with van der Waals surface area (Å²) >= 11 is 0. The van der Waals surface area contributed by atoms with Crippen molar-refractivity contribution in [2.24, 2.45) is 10.4 Å².